The molecule has 1 saturated heterocycles. The molecule has 1 aliphatic heterocycles. The van der Waals surface area contributed by atoms with Crippen molar-refractivity contribution in [2.24, 2.45) is 0 Å². The van der Waals surface area contributed by atoms with Gasteiger partial charge in [-0.2, -0.15) is 5.10 Å². The monoisotopic (exact) mass is 357 g/mol. The number of aromatic nitrogens is 2. The molecule has 1 aromatic rings. The van der Waals surface area contributed by atoms with Crippen molar-refractivity contribution in [3.63, 3.8) is 0 Å². The van der Waals surface area contributed by atoms with Crippen LogP contribution in [-0.4, -0.2) is 38.4 Å². The van der Waals surface area contributed by atoms with Crippen molar-refractivity contribution < 1.29 is 5.11 Å². The van der Waals surface area contributed by atoms with Gasteiger partial charge in [0.2, 0.25) is 0 Å². The second-order valence-corrected chi connectivity index (χ2v) is 7.73. The highest BCUT2D eigenvalue weighted by Gasteiger charge is 2.38. The van der Waals surface area contributed by atoms with E-state index in [4.69, 9.17) is 0 Å². The number of nitrogens with zero attached hydrogens (tertiary/aromatic N) is 3. The van der Waals surface area contributed by atoms with Crippen molar-refractivity contribution in [1.29, 1.82) is 0 Å². The summed E-state index contributed by atoms with van der Waals surface area (Å²) in [7, 11) is 0. The second kappa shape index (κ2) is 6.80. The summed E-state index contributed by atoms with van der Waals surface area (Å²) < 4.78 is 2.82. The van der Waals surface area contributed by atoms with E-state index in [9.17, 15) is 5.11 Å². The molecule has 1 fully saturated rings. The van der Waals surface area contributed by atoms with Gasteiger partial charge in [0.25, 0.3) is 0 Å². The summed E-state index contributed by atoms with van der Waals surface area (Å²) in [5, 5.41) is 15.5. The number of hydrogen-bond donors (Lipinski definition) is 1. The summed E-state index contributed by atoms with van der Waals surface area (Å²) in [4.78, 5) is 2.44. The van der Waals surface area contributed by atoms with Crippen molar-refractivity contribution in [2.75, 3.05) is 13.1 Å². The first-order valence-corrected chi connectivity index (χ1v) is 8.81. The van der Waals surface area contributed by atoms with E-state index in [0.29, 0.717) is 0 Å². The number of aliphatic hydroxyl groups is 1. The van der Waals surface area contributed by atoms with E-state index in [2.05, 4.69) is 53.6 Å². The SMILES string of the molecule is CC(C)n1ncc(Br)c1C(O)C(C)(C)N1CCCCCC1. The summed E-state index contributed by atoms with van der Waals surface area (Å²) in [5.41, 5.74) is 0.596. The zero-order valence-corrected chi connectivity index (χ0v) is 15.2. The van der Waals surface area contributed by atoms with Gasteiger partial charge in [-0.05, 0) is 69.6 Å². The normalized spacial score (nSPS) is 19.8. The molecule has 2 heterocycles. The average Bonchev–Trinajstić information content (AvgIpc) is 2.65. The minimum atomic E-state index is -0.560. The molecule has 4 nitrogen and oxygen atoms in total. The Labute approximate surface area is 136 Å². The standard InChI is InChI=1S/C16H28BrN3O/c1-12(2)20-14(13(17)11-18-20)15(21)16(3,4)19-9-7-5-6-8-10-19/h11-12,15,21H,5-10H2,1-4H3. The first-order valence-electron chi connectivity index (χ1n) is 8.01. The first-order chi connectivity index (χ1) is 9.85. The molecule has 21 heavy (non-hydrogen) atoms. The number of rotatable bonds is 4. The van der Waals surface area contributed by atoms with Gasteiger partial charge in [0, 0.05) is 11.6 Å². The molecule has 2 rings (SSSR count). The van der Waals surface area contributed by atoms with Crippen LogP contribution in [0.1, 0.15) is 71.2 Å². The lowest BCUT2D eigenvalue weighted by Crippen LogP contribution is -2.49. The van der Waals surface area contributed by atoms with Gasteiger partial charge in [0.15, 0.2) is 0 Å². The third kappa shape index (κ3) is 3.51. The predicted octanol–water partition coefficient (Wildman–Crippen LogP) is 3.91. The van der Waals surface area contributed by atoms with Crippen LogP contribution in [0.4, 0.5) is 0 Å². The summed E-state index contributed by atoms with van der Waals surface area (Å²) in [6.45, 7) is 10.6. The molecule has 0 aromatic carbocycles. The van der Waals surface area contributed by atoms with Crippen LogP contribution in [0.15, 0.2) is 10.7 Å². The quantitative estimate of drug-likeness (QED) is 0.887. The van der Waals surface area contributed by atoms with E-state index in [0.717, 1.165) is 23.3 Å². The van der Waals surface area contributed by atoms with Crippen LogP contribution < -0.4 is 0 Å². The molecule has 0 bridgehead atoms. The van der Waals surface area contributed by atoms with E-state index >= 15 is 0 Å². The fraction of sp³-hybridized carbons (Fsp3) is 0.812. The molecule has 5 heteroatoms. The van der Waals surface area contributed by atoms with Gasteiger partial charge >= 0.3 is 0 Å². The molecule has 1 atom stereocenters. The summed E-state index contributed by atoms with van der Waals surface area (Å²) in [6, 6.07) is 0.237. The van der Waals surface area contributed by atoms with Gasteiger partial charge in [0.1, 0.15) is 6.10 Å². The molecule has 0 saturated carbocycles. The zero-order valence-electron chi connectivity index (χ0n) is 13.6. The number of aliphatic hydroxyl groups excluding tert-OH is 1. The van der Waals surface area contributed by atoms with E-state index in [1.165, 1.54) is 25.7 Å². The number of halogens is 1. The largest absolute Gasteiger partial charge is 0.385 e. The van der Waals surface area contributed by atoms with Crippen molar-refractivity contribution in [1.82, 2.24) is 14.7 Å². The minimum Gasteiger partial charge on any atom is -0.385 e. The Kier molecular flexibility index (Phi) is 5.49. The molecule has 1 unspecified atom stereocenters. The van der Waals surface area contributed by atoms with Gasteiger partial charge < -0.3 is 5.11 Å². The van der Waals surface area contributed by atoms with Gasteiger partial charge in [0.05, 0.1) is 16.4 Å². The van der Waals surface area contributed by atoms with E-state index in [1.54, 1.807) is 6.20 Å². The smallest absolute Gasteiger partial charge is 0.115 e. The van der Waals surface area contributed by atoms with Crippen LogP contribution >= 0.6 is 15.9 Å². The molecule has 1 aromatic heterocycles. The topological polar surface area (TPSA) is 41.3 Å². The minimum absolute atomic E-state index is 0.237. The van der Waals surface area contributed by atoms with Gasteiger partial charge in [-0.15, -0.1) is 0 Å². The molecule has 0 aliphatic carbocycles. The van der Waals surface area contributed by atoms with E-state index < -0.39 is 6.10 Å². The van der Waals surface area contributed by atoms with Gasteiger partial charge in [-0.25, -0.2) is 0 Å². The highest BCUT2D eigenvalue weighted by molar-refractivity contribution is 9.10. The Morgan fingerprint density at radius 3 is 2.29 bits per heavy atom. The Bertz CT molecular complexity index is 462. The van der Waals surface area contributed by atoms with Crippen molar-refractivity contribution in [3.05, 3.63) is 16.4 Å². The maximum absolute atomic E-state index is 11.1. The second-order valence-electron chi connectivity index (χ2n) is 6.87. The Hall–Kier alpha value is -0.390. The molecule has 0 amide bonds. The molecule has 120 valence electrons. The van der Waals surface area contributed by atoms with Gasteiger partial charge in [-0.3, -0.25) is 9.58 Å². The molecule has 1 aliphatic rings. The molecule has 0 spiro atoms. The highest BCUT2D eigenvalue weighted by Crippen LogP contribution is 2.36. The van der Waals surface area contributed by atoms with E-state index in [-0.39, 0.29) is 11.6 Å². The van der Waals surface area contributed by atoms with Crippen molar-refractivity contribution in [3.8, 4) is 0 Å². The number of likely N-dealkylation sites (tertiary alicyclic amines) is 1. The lowest BCUT2D eigenvalue weighted by molar-refractivity contribution is -0.0156. The van der Waals surface area contributed by atoms with Crippen molar-refractivity contribution >= 4 is 15.9 Å². The van der Waals surface area contributed by atoms with E-state index in [1.807, 2.05) is 4.68 Å². The number of hydrogen-bond acceptors (Lipinski definition) is 3. The zero-order chi connectivity index (χ0) is 15.6. The van der Waals surface area contributed by atoms with Crippen LogP contribution in [0.3, 0.4) is 0 Å². The summed E-state index contributed by atoms with van der Waals surface area (Å²) in [5.74, 6) is 0. The predicted molar refractivity (Wildman–Crippen MR) is 89.4 cm³/mol. The van der Waals surface area contributed by atoms with Crippen LogP contribution in [0.25, 0.3) is 0 Å². The van der Waals surface area contributed by atoms with Crippen LogP contribution in [0.2, 0.25) is 0 Å². The lowest BCUT2D eigenvalue weighted by Gasteiger charge is -2.42. The fourth-order valence-corrected chi connectivity index (χ4v) is 3.66. The Morgan fingerprint density at radius 1 is 1.19 bits per heavy atom. The lowest BCUT2D eigenvalue weighted by atomic mass is 9.91. The highest BCUT2D eigenvalue weighted by atomic mass is 79.9. The van der Waals surface area contributed by atoms with Crippen LogP contribution in [0, 0.1) is 0 Å². The van der Waals surface area contributed by atoms with Crippen LogP contribution in [-0.2, 0) is 0 Å². The first kappa shape index (κ1) is 17.0. The summed E-state index contributed by atoms with van der Waals surface area (Å²) >= 11 is 3.56. The fourth-order valence-electron chi connectivity index (χ4n) is 3.17. The molecular formula is C16H28BrN3O. The third-order valence-electron chi connectivity index (χ3n) is 4.63. The van der Waals surface area contributed by atoms with Crippen LogP contribution in [0.5, 0.6) is 0 Å². The van der Waals surface area contributed by atoms with Crippen molar-refractivity contribution in [2.45, 2.75) is 71.1 Å². The maximum atomic E-state index is 11.1. The molecular weight excluding hydrogens is 330 g/mol. The Balaban J connectivity index is 2.28. The maximum Gasteiger partial charge on any atom is 0.115 e. The molecule has 1 N–H and O–H groups in total. The third-order valence-corrected chi connectivity index (χ3v) is 5.24. The summed E-state index contributed by atoms with van der Waals surface area (Å²) in [6.07, 6.45) is 6.28. The Morgan fingerprint density at radius 2 is 1.76 bits per heavy atom. The molecule has 0 radical (unpaired) electrons. The van der Waals surface area contributed by atoms with Gasteiger partial charge in [-0.1, -0.05) is 12.8 Å². The average molecular weight is 358 g/mol.